The molecule has 0 aliphatic carbocycles. The molecule has 2 aromatic carbocycles. The molecule has 2 aromatic rings. The van der Waals surface area contributed by atoms with Crippen molar-refractivity contribution >= 4 is 46.0 Å². The van der Waals surface area contributed by atoms with Gasteiger partial charge in [0.15, 0.2) is 6.61 Å². The van der Waals surface area contributed by atoms with E-state index in [1.807, 2.05) is 49.4 Å². The number of anilines is 1. The van der Waals surface area contributed by atoms with E-state index in [-0.39, 0.29) is 17.4 Å². The molecular formula is C20H20N2O4S. The third-order valence-electron chi connectivity index (χ3n) is 5.13. The molecule has 2 saturated heterocycles. The fourth-order valence-electron chi connectivity index (χ4n) is 3.75. The van der Waals surface area contributed by atoms with Crippen LogP contribution >= 0.6 is 11.8 Å². The molecular weight excluding hydrogens is 364 g/mol. The van der Waals surface area contributed by atoms with E-state index in [9.17, 15) is 14.4 Å². The van der Waals surface area contributed by atoms with E-state index in [0.29, 0.717) is 17.9 Å². The second-order valence-corrected chi connectivity index (χ2v) is 8.45. The van der Waals surface area contributed by atoms with Crippen LogP contribution in [0.4, 0.5) is 5.69 Å². The molecule has 2 heterocycles. The van der Waals surface area contributed by atoms with Gasteiger partial charge in [-0.2, -0.15) is 0 Å². The van der Waals surface area contributed by atoms with Crippen molar-refractivity contribution in [3.05, 3.63) is 42.5 Å². The van der Waals surface area contributed by atoms with Crippen molar-refractivity contribution in [2.75, 3.05) is 17.7 Å². The highest BCUT2D eigenvalue weighted by atomic mass is 32.2. The van der Waals surface area contributed by atoms with Crippen LogP contribution in [0.2, 0.25) is 0 Å². The number of hydrogen-bond acceptors (Lipinski definition) is 5. The fraction of sp³-hybridized carbons (Fsp3) is 0.350. The quantitative estimate of drug-likeness (QED) is 0.821. The minimum atomic E-state index is -0.611. The van der Waals surface area contributed by atoms with Crippen LogP contribution in [-0.2, 0) is 19.1 Å². The molecule has 0 aromatic heterocycles. The van der Waals surface area contributed by atoms with Crippen molar-refractivity contribution in [1.29, 1.82) is 0 Å². The van der Waals surface area contributed by atoms with Gasteiger partial charge in [0.25, 0.3) is 5.91 Å². The minimum Gasteiger partial charge on any atom is -0.454 e. The third-order valence-corrected chi connectivity index (χ3v) is 6.63. The van der Waals surface area contributed by atoms with E-state index in [4.69, 9.17) is 4.74 Å². The highest BCUT2D eigenvalue weighted by Gasteiger charge is 2.53. The van der Waals surface area contributed by atoms with Crippen LogP contribution in [0.3, 0.4) is 0 Å². The van der Waals surface area contributed by atoms with Crippen molar-refractivity contribution in [3.8, 4) is 0 Å². The van der Waals surface area contributed by atoms with Gasteiger partial charge in [0, 0.05) is 23.2 Å². The zero-order valence-electron chi connectivity index (χ0n) is 14.9. The lowest BCUT2D eigenvalue weighted by molar-refractivity contribution is -0.155. The summed E-state index contributed by atoms with van der Waals surface area (Å²) in [6, 6.07) is 12.7. The molecule has 2 atom stereocenters. The predicted molar refractivity (Wildman–Crippen MR) is 104 cm³/mol. The zero-order valence-corrected chi connectivity index (χ0v) is 15.8. The summed E-state index contributed by atoms with van der Waals surface area (Å²) in [7, 11) is 0. The molecule has 140 valence electrons. The molecule has 2 aliphatic heterocycles. The Bertz CT molecular complexity index is 926. The van der Waals surface area contributed by atoms with E-state index >= 15 is 0 Å². The first-order valence-corrected chi connectivity index (χ1v) is 9.87. The summed E-state index contributed by atoms with van der Waals surface area (Å²) in [5, 5.41) is 4.73. The van der Waals surface area contributed by atoms with Crippen molar-refractivity contribution in [3.63, 3.8) is 0 Å². The highest BCUT2D eigenvalue weighted by Crippen LogP contribution is 2.47. The summed E-state index contributed by atoms with van der Waals surface area (Å²) in [4.78, 5) is 38.1. The van der Waals surface area contributed by atoms with Gasteiger partial charge in [-0.25, -0.2) is 4.79 Å². The molecule has 0 radical (unpaired) electrons. The van der Waals surface area contributed by atoms with Gasteiger partial charge in [-0.3, -0.25) is 9.59 Å². The number of carbonyl (C=O) groups excluding carboxylic acids is 3. The first-order valence-electron chi connectivity index (χ1n) is 8.88. The Hall–Kier alpha value is -2.54. The average Bonchev–Trinajstić information content (AvgIpc) is 3.16. The Morgan fingerprint density at radius 3 is 2.89 bits per heavy atom. The molecule has 2 amide bonds. The second-order valence-electron chi connectivity index (χ2n) is 6.95. The molecule has 0 spiro atoms. The van der Waals surface area contributed by atoms with Crippen LogP contribution in [0.5, 0.6) is 0 Å². The summed E-state index contributed by atoms with van der Waals surface area (Å²) >= 11 is 1.60. The number of amides is 2. The maximum Gasteiger partial charge on any atom is 0.330 e. The molecule has 7 heteroatoms. The van der Waals surface area contributed by atoms with Gasteiger partial charge in [-0.05, 0) is 24.8 Å². The van der Waals surface area contributed by atoms with Crippen LogP contribution in [0.15, 0.2) is 42.5 Å². The number of ether oxygens (including phenoxy) is 1. The molecule has 2 aliphatic rings. The maximum atomic E-state index is 12.4. The first-order chi connectivity index (χ1) is 13.0. The van der Waals surface area contributed by atoms with Gasteiger partial charge < -0.3 is 15.0 Å². The standard InChI is InChI=1S/C20H20N2O4S/c1-20-10-9-18(24)22(20)16(12-27-20)19(25)26-11-17(23)21-15-8-4-6-13-5-2-3-7-14(13)15/h2-8,16H,9-12H2,1H3,(H,21,23)/t16-,20-/m0/s1. The molecule has 6 nitrogen and oxygen atoms in total. The molecule has 2 fully saturated rings. The lowest BCUT2D eigenvalue weighted by atomic mass is 10.1. The van der Waals surface area contributed by atoms with Gasteiger partial charge in [-0.1, -0.05) is 36.4 Å². The summed E-state index contributed by atoms with van der Waals surface area (Å²) in [5.41, 5.74) is 0.674. The van der Waals surface area contributed by atoms with E-state index in [1.54, 1.807) is 16.7 Å². The Balaban J connectivity index is 1.38. The van der Waals surface area contributed by atoms with E-state index in [1.165, 1.54) is 0 Å². The molecule has 0 saturated carbocycles. The van der Waals surface area contributed by atoms with Gasteiger partial charge in [0.2, 0.25) is 5.91 Å². The topological polar surface area (TPSA) is 75.7 Å². The van der Waals surface area contributed by atoms with Crippen molar-refractivity contribution < 1.29 is 19.1 Å². The van der Waals surface area contributed by atoms with Crippen molar-refractivity contribution in [2.24, 2.45) is 0 Å². The molecule has 27 heavy (non-hydrogen) atoms. The van der Waals surface area contributed by atoms with Crippen LogP contribution in [0.1, 0.15) is 19.8 Å². The number of nitrogens with zero attached hydrogens (tertiary/aromatic N) is 1. The van der Waals surface area contributed by atoms with Gasteiger partial charge in [-0.15, -0.1) is 11.8 Å². The minimum absolute atomic E-state index is 0.0235. The monoisotopic (exact) mass is 384 g/mol. The molecule has 0 bridgehead atoms. The van der Waals surface area contributed by atoms with Crippen LogP contribution in [0, 0.1) is 0 Å². The Labute approximate surface area is 161 Å². The average molecular weight is 384 g/mol. The zero-order chi connectivity index (χ0) is 19.0. The summed E-state index contributed by atoms with van der Waals surface area (Å²) in [5.74, 6) is -0.438. The number of carbonyl (C=O) groups is 3. The summed E-state index contributed by atoms with van der Waals surface area (Å²) in [6.45, 7) is 1.60. The largest absolute Gasteiger partial charge is 0.454 e. The number of benzene rings is 2. The number of fused-ring (bicyclic) bond motifs is 2. The maximum absolute atomic E-state index is 12.4. The molecule has 0 unspecified atom stereocenters. The highest BCUT2D eigenvalue weighted by molar-refractivity contribution is 8.01. The first kappa shape index (κ1) is 17.9. The normalized spacial score (nSPS) is 24.1. The lowest BCUT2D eigenvalue weighted by Gasteiger charge is -2.29. The fourth-order valence-corrected chi connectivity index (χ4v) is 5.17. The van der Waals surface area contributed by atoms with Crippen molar-refractivity contribution in [1.82, 2.24) is 4.90 Å². The van der Waals surface area contributed by atoms with Crippen LogP contribution < -0.4 is 5.32 Å². The van der Waals surface area contributed by atoms with Gasteiger partial charge in [0.1, 0.15) is 6.04 Å². The predicted octanol–water partition coefficient (Wildman–Crippen LogP) is 2.78. The smallest absolute Gasteiger partial charge is 0.330 e. The van der Waals surface area contributed by atoms with E-state index in [0.717, 1.165) is 17.2 Å². The third kappa shape index (κ3) is 3.27. The second kappa shape index (κ2) is 6.88. The Kier molecular flexibility index (Phi) is 4.55. The number of thioether (sulfide) groups is 1. The summed E-state index contributed by atoms with van der Waals surface area (Å²) in [6.07, 6.45) is 1.19. The van der Waals surface area contributed by atoms with E-state index < -0.39 is 17.9 Å². The number of rotatable bonds is 4. The molecule has 4 rings (SSSR count). The Morgan fingerprint density at radius 1 is 1.26 bits per heavy atom. The van der Waals surface area contributed by atoms with Crippen LogP contribution in [-0.4, -0.2) is 46.0 Å². The molecule has 1 N–H and O–H groups in total. The SMILES string of the molecule is C[C@]12CCC(=O)N1[C@H](C(=O)OCC(=O)Nc1cccc3ccccc13)CS2. The number of hydrogen-bond donors (Lipinski definition) is 1. The number of esters is 1. The Morgan fingerprint density at radius 2 is 2.04 bits per heavy atom. The van der Waals surface area contributed by atoms with Gasteiger partial charge >= 0.3 is 5.97 Å². The van der Waals surface area contributed by atoms with Crippen molar-refractivity contribution in [2.45, 2.75) is 30.7 Å². The van der Waals surface area contributed by atoms with Gasteiger partial charge in [0.05, 0.1) is 4.87 Å². The lowest BCUT2D eigenvalue weighted by Crippen LogP contribution is -2.47. The van der Waals surface area contributed by atoms with E-state index in [2.05, 4.69) is 5.32 Å². The summed E-state index contributed by atoms with van der Waals surface area (Å²) < 4.78 is 5.22. The van der Waals surface area contributed by atoms with Crippen LogP contribution in [0.25, 0.3) is 10.8 Å². The number of nitrogens with one attached hydrogen (secondary N) is 1.